The van der Waals surface area contributed by atoms with Crippen molar-refractivity contribution in [2.24, 2.45) is 0 Å². The van der Waals surface area contributed by atoms with Crippen LogP contribution in [0, 0.1) is 0 Å². The number of carbonyl (C=O) groups is 1. The average molecular weight is 532 g/mol. The van der Waals surface area contributed by atoms with E-state index in [2.05, 4.69) is 68.4 Å². The summed E-state index contributed by atoms with van der Waals surface area (Å²) in [7, 11) is 2.12. The summed E-state index contributed by atoms with van der Waals surface area (Å²) in [6, 6.07) is 16.2. The second-order valence-corrected chi connectivity index (χ2v) is 11.3. The summed E-state index contributed by atoms with van der Waals surface area (Å²) >= 11 is 1.73. The molecule has 2 N–H and O–H groups in total. The number of pyridine rings is 1. The fraction of sp³-hybridized carbons (Fsp3) is 0.379. The summed E-state index contributed by atoms with van der Waals surface area (Å²) in [5.41, 5.74) is 5.97. The molecule has 6 rings (SSSR count). The summed E-state index contributed by atoms with van der Waals surface area (Å²) in [6.07, 6.45) is 0.779. The van der Waals surface area contributed by atoms with Gasteiger partial charge in [-0.3, -0.25) is 14.5 Å². The van der Waals surface area contributed by atoms with E-state index in [1.807, 2.05) is 6.07 Å². The van der Waals surface area contributed by atoms with E-state index in [4.69, 9.17) is 4.74 Å². The van der Waals surface area contributed by atoms with Crippen molar-refractivity contribution < 1.29 is 9.53 Å². The minimum absolute atomic E-state index is 0.0322. The lowest BCUT2D eigenvalue weighted by Gasteiger charge is -2.31. The van der Waals surface area contributed by atoms with Crippen LogP contribution in [0.1, 0.15) is 11.1 Å². The molecular weight excluding hydrogens is 498 g/mol. The number of ether oxygens (including phenoxy) is 1. The first kappa shape index (κ1) is 25.2. The van der Waals surface area contributed by atoms with Gasteiger partial charge in [0.05, 0.1) is 25.5 Å². The van der Waals surface area contributed by atoms with E-state index in [9.17, 15) is 9.59 Å². The molecule has 0 bridgehead atoms. The van der Waals surface area contributed by atoms with Crippen molar-refractivity contribution in [1.82, 2.24) is 14.8 Å². The number of benzene rings is 2. The first-order valence-corrected chi connectivity index (χ1v) is 14.0. The molecule has 2 fully saturated rings. The minimum Gasteiger partial charge on any atom is -0.378 e. The van der Waals surface area contributed by atoms with Crippen molar-refractivity contribution >= 4 is 29.0 Å². The van der Waals surface area contributed by atoms with Gasteiger partial charge in [0.1, 0.15) is 0 Å². The Bertz CT molecular complexity index is 1390. The van der Waals surface area contributed by atoms with Crippen molar-refractivity contribution in [3.05, 3.63) is 70.0 Å². The Morgan fingerprint density at radius 1 is 1.00 bits per heavy atom. The summed E-state index contributed by atoms with van der Waals surface area (Å²) < 4.78 is 5.48. The van der Waals surface area contributed by atoms with E-state index in [0.717, 1.165) is 68.3 Å². The van der Waals surface area contributed by atoms with Crippen LogP contribution in [0.5, 0.6) is 0 Å². The average Bonchev–Trinajstić information content (AvgIpc) is 2.93. The molecule has 0 saturated carbocycles. The molecule has 4 heterocycles. The van der Waals surface area contributed by atoms with Gasteiger partial charge in [-0.15, -0.1) is 0 Å². The molecule has 2 aromatic carbocycles. The topological polar surface area (TPSA) is 80.9 Å². The van der Waals surface area contributed by atoms with Gasteiger partial charge in [-0.2, -0.15) is 0 Å². The number of anilines is 2. The molecule has 1 amide bonds. The van der Waals surface area contributed by atoms with Crippen LogP contribution in [0.4, 0.5) is 11.4 Å². The van der Waals surface area contributed by atoms with Crippen LogP contribution in [-0.2, 0) is 16.0 Å². The molecule has 8 nitrogen and oxygen atoms in total. The second-order valence-electron chi connectivity index (χ2n) is 10.2. The highest BCUT2D eigenvalue weighted by atomic mass is 32.2. The molecule has 198 valence electrons. The number of amides is 1. The van der Waals surface area contributed by atoms with Crippen molar-refractivity contribution in [3.63, 3.8) is 0 Å². The van der Waals surface area contributed by atoms with E-state index in [1.165, 1.54) is 20.9 Å². The van der Waals surface area contributed by atoms with Gasteiger partial charge in [0.25, 0.3) is 0 Å². The maximum Gasteiger partial charge on any atom is 0.250 e. The lowest BCUT2D eigenvalue weighted by Crippen LogP contribution is -2.47. The Labute approximate surface area is 227 Å². The first-order valence-electron chi connectivity index (χ1n) is 13.2. The van der Waals surface area contributed by atoms with E-state index in [0.29, 0.717) is 19.8 Å². The van der Waals surface area contributed by atoms with Crippen molar-refractivity contribution in [3.8, 4) is 11.3 Å². The van der Waals surface area contributed by atoms with Gasteiger partial charge in [-0.05, 0) is 48.9 Å². The number of hydrogen-bond acceptors (Lipinski definition) is 7. The highest BCUT2D eigenvalue weighted by Gasteiger charge is 2.22. The highest BCUT2D eigenvalue weighted by molar-refractivity contribution is 7.99. The number of nitrogens with zero attached hydrogens (tertiary/aromatic N) is 3. The van der Waals surface area contributed by atoms with Gasteiger partial charge >= 0.3 is 0 Å². The number of likely N-dealkylation sites (N-methyl/N-ethyl adjacent to an activating group) is 1. The van der Waals surface area contributed by atoms with E-state index < -0.39 is 0 Å². The number of hydrogen-bond donors (Lipinski definition) is 2. The predicted octanol–water partition coefficient (Wildman–Crippen LogP) is 3.12. The second kappa shape index (κ2) is 10.9. The van der Waals surface area contributed by atoms with Crippen LogP contribution in [0.3, 0.4) is 0 Å². The monoisotopic (exact) mass is 531 g/mol. The lowest BCUT2D eigenvalue weighted by atomic mass is 9.99. The number of rotatable bonds is 5. The maximum atomic E-state index is 12.7. The van der Waals surface area contributed by atoms with Crippen LogP contribution in [0.25, 0.3) is 11.3 Å². The Morgan fingerprint density at radius 3 is 2.63 bits per heavy atom. The quantitative estimate of drug-likeness (QED) is 0.410. The first-order chi connectivity index (χ1) is 18.5. The Morgan fingerprint density at radius 2 is 1.82 bits per heavy atom. The zero-order valence-electron chi connectivity index (χ0n) is 21.7. The number of piperazine rings is 1. The number of aromatic amines is 1. The predicted molar refractivity (Wildman–Crippen MR) is 151 cm³/mol. The minimum atomic E-state index is -0.0974. The molecule has 0 aliphatic carbocycles. The van der Waals surface area contributed by atoms with E-state index in [-0.39, 0.29) is 11.5 Å². The third kappa shape index (κ3) is 5.51. The molecule has 1 aromatic heterocycles. The molecule has 0 unspecified atom stereocenters. The van der Waals surface area contributed by atoms with E-state index in [1.54, 1.807) is 17.8 Å². The number of nitrogens with one attached hydrogen (secondary N) is 2. The number of aromatic nitrogens is 1. The van der Waals surface area contributed by atoms with Gasteiger partial charge in [0, 0.05) is 72.1 Å². The zero-order valence-corrected chi connectivity index (χ0v) is 22.5. The largest absolute Gasteiger partial charge is 0.378 e. The zero-order chi connectivity index (χ0) is 26.1. The number of fused-ring (bicyclic) bond motifs is 2. The smallest absolute Gasteiger partial charge is 0.250 e. The van der Waals surface area contributed by atoms with Crippen LogP contribution < -0.4 is 15.8 Å². The molecule has 3 aliphatic rings. The van der Waals surface area contributed by atoms with Gasteiger partial charge in [-0.1, -0.05) is 30.0 Å². The van der Waals surface area contributed by atoms with Crippen molar-refractivity contribution in [2.75, 3.05) is 76.3 Å². The van der Waals surface area contributed by atoms with Crippen molar-refractivity contribution in [1.29, 1.82) is 0 Å². The van der Waals surface area contributed by atoms with Crippen molar-refractivity contribution in [2.45, 2.75) is 16.2 Å². The molecule has 3 aliphatic heterocycles. The van der Waals surface area contributed by atoms with E-state index >= 15 is 0 Å². The van der Waals surface area contributed by atoms with Gasteiger partial charge < -0.3 is 24.8 Å². The number of morpholine rings is 1. The fourth-order valence-electron chi connectivity index (χ4n) is 5.35. The number of H-pyrrole nitrogens is 1. The highest BCUT2D eigenvalue weighted by Crippen LogP contribution is 2.45. The standard InChI is InChI=1S/C29H33N5O3S/c1-32-7-9-33(10-8-32)19-28(36)30-22-5-6-26-21(16-22)15-20-3-2-4-24(29(20)38-26)25-17-23(18-27(35)31-25)34-11-13-37-14-12-34/h2-6,16-18H,7-15,19H2,1H3,(H,30,36)(H,31,35). The Kier molecular flexibility index (Phi) is 7.25. The summed E-state index contributed by atoms with van der Waals surface area (Å²) in [5, 5.41) is 3.10. The molecular formula is C29H33N5O3S. The molecule has 0 spiro atoms. The Balaban J connectivity index is 1.20. The van der Waals surface area contributed by atoms with Crippen LogP contribution in [0.15, 0.2) is 63.1 Å². The molecule has 2 saturated heterocycles. The van der Waals surface area contributed by atoms with Crippen LogP contribution >= 0.6 is 11.8 Å². The third-order valence-corrected chi connectivity index (χ3v) is 8.80. The molecule has 9 heteroatoms. The molecule has 0 atom stereocenters. The lowest BCUT2D eigenvalue weighted by molar-refractivity contribution is -0.117. The molecule has 0 radical (unpaired) electrons. The molecule has 3 aromatic rings. The van der Waals surface area contributed by atoms with Gasteiger partial charge in [0.15, 0.2) is 0 Å². The van der Waals surface area contributed by atoms with Gasteiger partial charge in [0.2, 0.25) is 11.5 Å². The SMILES string of the molecule is CN1CCN(CC(=O)Nc2ccc3c(c2)Cc2cccc(-c4cc(N5CCOCC5)cc(=O)[nH]4)c2S3)CC1. The number of carbonyl (C=O) groups excluding carboxylic acids is 1. The fourth-order valence-corrected chi connectivity index (χ4v) is 6.53. The van der Waals surface area contributed by atoms with Crippen LogP contribution in [-0.4, -0.2) is 86.8 Å². The summed E-state index contributed by atoms with van der Waals surface area (Å²) in [4.78, 5) is 37.4. The maximum absolute atomic E-state index is 12.7. The van der Waals surface area contributed by atoms with Crippen LogP contribution in [0.2, 0.25) is 0 Å². The summed E-state index contributed by atoms with van der Waals surface area (Å²) in [5.74, 6) is 0.0322. The third-order valence-electron chi connectivity index (χ3n) is 7.49. The Hall–Kier alpha value is -3.11. The normalized spacial score (nSPS) is 18.1. The van der Waals surface area contributed by atoms with Gasteiger partial charge in [-0.25, -0.2) is 0 Å². The molecule has 38 heavy (non-hydrogen) atoms. The summed E-state index contributed by atoms with van der Waals surface area (Å²) in [6.45, 7) is 7.18.